The van der Waals surface area contributed by atoms with Crippen molar-refractivity contribution < 1.29 is 9.53 Å². The van der Waals surface area contributed by atoms with Gasteiger partial charge in [-0.3, -0.25) is 9.78 Å². The fourth-order valence-corrected chi connectivity index (χ4v) is 2.76. The fourth-order valence-electron chi connectivity index (χ4n) is 2.76. The summed E-state index contributed by atoms with van der Waals surface area (Å²) in [6.07, 6.45) is 2.37. The monoisotopic (exact) mass is 291 g/mol. The van der Waals surface area contributed by atoms with Crippen LogP contribution < -0.4 is 11.1 Å². The van der Waals surface area contributed by atoms with Crippen LogP contribution in [0.25, 0.3) is 0 Å². The van der Waals surface area contributed by atoms with E-state index >= 15 is 0 Å². The number of nitrogens with zero attached hydrogens (tertiary/aromatic N) is 1. The summed E-state index contributed by atoms with van der Waals surface area (Å²) >= 11 is 0. The van der Waals surface area contributed by atoms with E-state index in [4.69, 9.17) is 10.5 Å². The molecule has 3 N–H and O–H groups in total. The Kier molecular flexibility index (Phi) is 4.35. The normalized spacial score (nSPS) is 27.0. The molecule has 0 aromatic carbocycles. The zero-order chi connectivity index (χ0) is 15.7. The third kappa shape index (κ3) is 2.80. The Morgan fingerprint density at radius 2 is 2.24 bits per heavy atom. The first-order valence-corrected chi connectivity index (χ1v) is 7.41. The number of aromatic nitrogens is 1. The van der Waals surface area contributed by atoms with Gasteiger partial charge in [-0.25, -0.2) is 0 Å². The van der Waals surface area contributed by atoms with Crippen molar-refractivity contribution in [2.45, 2.75) is 52.3 Å². The van der Waals surface area contributed by atoms with Gasteiger partial charge >= 0.3 is 0 Å². The van der Waals surface area contributed by atoms with E-state index in [2.05, 4.69) is 10.3 Å². The van der Waals surface area contributed by atoms with Crippen molar-refractivity contribution in [3.05, 3.63) is 29.6 Å². The molecule has 0 aliphatic heterocycles. The van der Waals surface area contributed by atoms with Gasteiger partial charge in [0.05, 0.1) is 6.10 Å². The Morgan fingerprint density at radius 3 is 2.76 bits per heavy atom. The second-order valence-corrected chi connectivity index (χ2v) is 6.33. The van der Waals surface area contributed by atoms with E-state index in [0.717, 1.165) is 11.3 Å². The van der Waals surface area contributed by atoms with Crippen molar-refractivity contribution in [2.24, 2.45) is 11.1 Å². The maximum Gasteiger partial charge on any atom is 0.241 e. The summed E-state index contributed by atoms with van der Waals surface area (Å²) in [5, 5.41) is 2.92. The molecule has 1 aliphatic rings. The van der Waals surface area contributed by atoms with Gasteiger partial charge in [-0.05, 0) is 25.5 Å². The Balaban J connectivity index is 1.96. The smallest absolute Gasteiger partial charge is 0.241 e. The maximum atomic E-state index is 12.4. The third-order valence-corrected chi connectivity index (χ3v) is 4.66. The molecule has 2 atom stereocenters. The maximum absolute atomic E-state index is 12.4. The van der Waals surface area contributed by atoms with E-state index in [1.54, 1.807) is 6.20 Å². The summed E-state index contributed by atoms with van der Waals surface area (Å²) in [6.45, 7) is 8.95. The summed E-state index contributed by atoms with van der Waals surface area (Å²) in [5.41, 5.74) is 7.02. The number of amides is 1. The Labute approximate surface area is 126 Å². The van der Waals surface area contributed by atoms with Crippen molar-refractivity contribution in [3.63, 3.8) is 0 Å². The highest BCUT2D eigenvalue weighted by molar-refractivity contribution is 5.88. The van der Waals surface area contributed by atoms with Gasteiger partial charge in [0.15, 0.2) is 0 Å². The molecule has 0 spiro atoms. The molecule has 0 radical (unpaired) electrons. The van der Waals surface area contributed by atoms with Crippen LogP contribution in [0.4, 0.5) is 0 Å². The van der Waals surface area contributed by atoms with E-state index in [-0.39, 0.29) is 17.4 Å². The van der Waals surface area contributed by atoms with Crippen LogP contribution in [0.15, 0.2) is 18.3 Å². The minimum absolute atomic E-state index is 0.0410. The second kappa shape index (κ2) is 5.73. The molecule has 1 aromatic heterocycles. The first-order valence-electron chi connectivity index (χ1n) is 7.41. The topological polar surface area (TPSA) is 77.2 Å². The van der Waals surface area contributed by atoms with Gasteiger partial charge in [-0.2, -0.15) is 0 Å². The van der Waals surface area contributed by atoms with E-state index in [1.807, 2.05) is 39.8 Å². The summed E-state index contributed by atoms with van der Waals surface area (Å²) in [6, 6.07) is 3.89. The second-order valence-electron chi connectivity index (χ2n) is 6.33. The molecule has 5 nitrogen and oxygen atoms in total. The van der Waals surface area contributed by atoms with E-state index in [0.29, 0.717) is 19.6 Å². The molecule has 21 heavy (non-hydrogen) atoms. The minimum atomic E-state index is -0.870. The number of nitrogens with one attached hydrogen (secondary N) is 1. The highest BCUT2D eigenvalue weighted by Crippen LogP contribution is 2.49. The first-order chi connectivity index (χ1) is 9.81. The summed E-state index contributed by atoms with van der Waals surface area (Å²) in [7, 11) is 0. The van der Waals surface area contributed by atoms with E-state index < -0.39 is 5.54 Å². The van der Waals surface area contributed by atoms with Gasteiger partial charge < -0.3 is 15.8 Å². The summed E-state index contributed by atoms with van der Waals surface area (Å²) < 4.78 is 5.64. The van der Waals surface area contributed by atoms with Crippen LogP contribution in [-0.4, -0.2) is 29.1 Å². The van der Waals surface area contributed by atoms with Gasteiger partial charge in [0.25, 0.3) is 0 Å². The Bertz CT molecular complexity index is 513. The van der Waals surface area contributed by atoms with Crippen molar-refractivity contribution in [1.82, 2.24) is 10.3 Å². The number of hydrogen-bond donors (Lipinski definition) is 2. The van der Waals surface area contributed by atoms with Crippen molar-refractivity contribution >= 4 is 5.91 Å². The molecule has 1 aliphatic carbocycles. The molecule has 2 unspecified atom stereocenters. The highest BCUT2D eigenvalue weighted by atomic mass is 16.5. The quantitative estimate of drug-likeness (QED) is 0.862. The number of ether oxygens (including phenoxy) is 1. The predicted molar refractivity (Wildman–Crippen MR) is 81.6 cm³/mol. The molecule has 116 valence electrons. The van der Waals surface area contributed by atoms with Crippen LogP contribution in [0, 0.1) is 12.3 Å². The van der Waals surface area contributed by atoms with Gasteiger partial charge in [0, 0.05) is 36.9 Å². The minimum Gasteiger partial charge on any atom is -0.378 e. The molecule has 1 amide bonds. The molecule has 1 heterocycles. The number of pyridine rings is 1. The van der Waals surface area contributed by atoms with Crippen LogP contribution in [0.3, 0.4) is 0 Å². The van der Waals surface area contributed by atoms with Crippen LogP contribution in [0.5, 0.6) is 0 Å². The fraction of sp³-hybridized carbons (Fsp3) is 0.625. The Hall–Kier alpha value is -1.46. The van der Waals surface area contributed by atoms with Gasteiger partial charge in [-0.1, -0.05) is 19.9 Å². The number of carbonyl (C=O) groups excluding carboxylic acids is 1. The zero-order valence-electron chi connectivity index (χ0n) is 13.3. The number of rotatable bonds is 5. The molecule has 5 heteroatoms. The molecule has 0 saturated heterocycles. The number of nitrogens with two attached hydrogens (primary N) is 1. The SMILES string of the molecule is CCOC1CC(N)(C(=O)NCc2ccc(C)nc2)C1(C)C. The highest BCUT2D eigenvalue weighted by Gasteiger charge is 2.62. The molecule has 2 rings (SSSR count). The average molecular weight is 291 g/mol. The number of carbonyl (C=O) groups is 1. The molecular weight excluding hydrogens is 266 g/mol. The van der Waals surface area contributed by atoms with Crippen molar-refractivity contribution in [2.75, 3.05) is 6.61 Å². The molecular formula is C16H25N3O2. The summed E-state index contributed by atoms with van der Waals surface area (Å²) in [4.78, 5) is 16.7. The summed E-state index contributed by atoms with van der Waals surface area (Å²) in [5.74, 6) is -0.121. The lowest BCUT2D eigenvalue weighted by molar-refractivity contribution is -0.170. The molecule has 1 aromatic rings. The van der Waals surface area contributed by atoms with Gasteiger partial charge in [0.1, 0.15) is 5.54 Å². The van der Waals surface area contributed by atoms with Crippen LogP contribution >= 0.6 is 0 Å². The van der Waals surface area contributed by atoms with Crippen molar-refractivity contribution in [1.29, 1.82) is 0 Å². The zero-order valence-corrected chi connectivity index (χ0v) is 13.3. The average Bonchev–Trinajstić information content (AvgIpc) is 2.45. The van der Waals surface area contributed by atoms with Gasteiger partial charge in [-0.15, -0.1) is 0 Å². The van der Waals surface area contributed by atoms with Crippen LogP contribution in [-0.2, 0) is 16.1 Å². The number of aryl methyl sites for hydroxylation is 1. The molecule has 0 bridgehead atoms. The third-order valence-electron chi connectivity index (χ3n) is 4.66. The van der Waals surface area contributed by atoms with E-state index in [9.17, 15) is 4.79 Å². The standard InChI is InChI=1S/C16H25N3O2/c1-5-21-13-8-16(17,15(13,3)4)14(20)19-10-12-7-6-11(2)18-9-12/h6-7,9,13H,5,8,10,17H2,1-4H3,(H,19,20). The number of hydrogen-bond acceptors (Lipinski definition) is 4. The lowest BCUT2D eigenvalue weighted by Crippen LogP contribution is -2.75. The van der Waals surface area contributed by atoms with Gasteiger partial charge in [0.2, 0.25) is 5.91 Å². The van der Waals surface area contributed by atoms with E-state index in [1.165, 1.54) is 0 Å². The lowest BCUT2D eigenvalue weighted by atomic mass is 9.54. The molecule has 1 fully saturated rings. The Morgan fingerprint density at radius 1 is 1.52 bits per heavy atom. The van der Waals surface area contributed by atoms with Crippen LogP contribution in [0.2, 0.25) is 0 Å². The predicted octanol–water partition coefficient (Wildman–Crippen LogP) is 1.54. The first kappa shape index (κ1) is 15.9. The van der Waals surface area contributed by atoms with Crippen LogP contribution in [0.1, 0.15) is 38.4 Å². The van der Waals surface area contributed by atoms with Crippen molar-refractivity contribution in [3.8, 4) is 0 Å². The largest absolute Gasteiger partial charge is 0.378 e. The molecule has 1 saturated carbocycles. The lowest BCUT2D eigenvalue weighted by Gasteiger charge is -2.57.